The molecule has 1 aromatic carbocycles. The lowest BCUT2D eigenvalue weighted by molar-refractivity contribution is -0.142. The molecule has 48 heavy (non-hydrogen) atoms. The topological polar surface area (TPSA) is 222 Å². The highest BCUT2D eigenvalue weighted by molar-refractivity contribution is 7.98. The van der Waals surface area contributed by atoms with Gasteiger partial charge in [0.25, 0.3) is 0 Å². The number of thioether (sulfide) groups is 1. The van der Waals surface area contributed by atoms with Crippen molar-refractivity contribution < 1.29 is 28.8 Å². The summed E-state index contributed by atoms with van der Waals surface area (Å²) in [5.41, 5.74) is 12.9. The standard InChI is InChI=1S/C33H50N8O6S/c1-6-18(2)27(28(35)42)40-32(46)26-12-9-14-41(26)33(47)25(16-21-17-36-23-11-8-7-10-22(21)23)39-30(44)20(4)37-31(45)24(13-15-48-5)38-29(43)19(3)34/h7-8,10-11,17-20,24-27,36H,6,9,12-16,34H2,1-5H3,(H2,35,42)(H,37,45)(H,38,43)(H,39,44)(H,40,46)/t18-,19-,20-,24-,25+,26+,27+/m0/s1. The quantitative estimate of drug-likeness (QED) is 0.122. The van der Waals surface area contributed by atoms with E-state index in [-0.39, 0.29) is 18.9 Å². The van der Waals surface area contributed by atoms with Crippen molar-refractivity contribution in [1.82, 2.24) is 31.2 Å². The third-order valence-corrected chi connectivity index (χ3v) is 9.42. The summed E-state index contributed by atoms with van der Waals surface area (Å²) >= 11 is 1.51. The number of aromatic nitrogens is 1. The summed E-state index contributed by atoms with van der Waals surface area (Å²) in [6, 6.07) is 1.95. The number of primary amides is 1. The van der Waals surface area contributed by atoms with Gasteiger partial charge in [0.1, 0.15) is 30.2 Å². The Hall–Kier alpha value is -4.11. The van der Waals surface area contributed by atoms with E-state index < -0.39 is 71.7 Å². The molecule has 1 aliphatic rings. The van der Waals surface area contributed by atoms with Gasteiger partial charge in [-0.25, -0.2) is 0 Å². The van der Waals surface area contributed by atoms with Crippen LogP contribution in [-0.4, -0.2) is 100 Å². The summed E-state index contributed by atoms with van der Waals surface area (Å²) in [6.45, 7) is 6.99. The van der Waals surface area contributed by atoms with Gasteiger partial charge in [0.15, 0.2) is 0 Å². The predicted octanol–water partition coefficient (Wildman–Crippen LogP) is 0.292. The van der Waals surface area contributed by atoms with E-state index >= 15 is 0 Å². The first-order valence-electron chi connectivity index (χ1n) is 16.4. The number of carbonyl (C=O) groups excluding carboxylic acids is 6. The number of aromatic amines is 1. The van der Waals surface area contributed by atoms with Gasteiger partial charge in [-0.3, -0.25) is 28.8 Å². The Balaban J connectivity index is 1.83. The molecule has 15 heteroatoms. The third kappa shape index (κ3) is 9.95. The number of amides is 6. The van der Waals surface area contributed by atoms with E-state index in [0.29, 0.717) is 31.4 Å². The molecule has 3 rings (SSSR count). The summed E-state index contributed by atoms with van der Waals surface area (Å²) in [5.74, 6) is -2.87. The van der Waals surface area contributed by atoms with Crippen LogP contribution in [0.3, 0.4) is 0 Å². The SMILES string of the molecule is CC[C@H](C)[C@@H](NC(=O)[C@H]1CCCN1C(=O)[C@@H](Cc1c[nH]c2ccccc12)NC(=O)[C@H](C)NC(=O)[C@H](CCSC)NC(=O)[C@H](C)N)C(N)=O. The Morgan fingerprint density at radius 3 is 2.31 bits per heavy atom. The minimum atomic E-state index is -1.09. The average molecular weight is 687 g/mol. The maximum atomic E-state index is 14.2. The van der Waals surface area contributed by atoms with Crippen molar-refractivity contribution in [1.29, 1.82) is 0 Å². The largest absolute Gasteiger partial charge is 0.368 e. The minimum absolute atomic E-state index is 0.109. The van der Waals surface area contributed by atoms with Gasteiger partial charge in [-0.1, -0.05) is 38.5 Å². The number of fused-ring (bicyclic) bond motifs is 1. The van der Waals surface area contributed by atoms with E-state index in [1.807, 2.05) is 44.4 Å². The van der Waals surface area contributed by atoms with Crippen LogP contribution in [0.1, 0.15) is 58.9 Å². The van der Waals surface area contributed by atoms with Crippen LogP contribution in [0.2, 0.25) is 0 Å². The highest BCUT2D eigenvalue weighted by Crippen LogP contribution is 2.23. The van der Waals surface area contributed by atoms with E-state index in [4.69, 9.17) is 11.5 Å². The zero-order valence-corrected chi connectivity index (χ0v) is 29.2. The fraction of sp³-hybridized carbons (Fsp3) is 0.576. The molecule has 2 aromatic rings. The van der Waals surface area contributed by atoms with E-state index in [0.717, 1.165) is 16.5 Å². The minimum Gasteiger partial charge on any atom is -0.368 e. The summed E-state index contributed by atoms with van der Waals surface area (Å²) < 4.78 is 0. The van der Waals surface area contributed by atoms with Gasteiger partial charge in [-0.15, -0.1) is 0 Å². The van der Waals surface area contributed by atoms with Gasteiger partial charge in [0.2, 0.25) is 35.4 Å². The zero-order valence-electron chi connectivity index (χ0n) is 28.3. The molecule has 0 unspecified atom stereocenters. The molecule has 7 atom stereocenters. The summed E-state index contributed by atoms with van der Waals surface area (Å²) in [5, 5.41) is 11.7. The number of hydrogen-bond acceptors (Lipinski definition) is 8. The fourth-order valence-corrected chi connectivity index (χ4v) is 6.16. The molecule has 2 heterocycles. The van der Waals surface area contributed by atoms with Crippen LogP contribution in [0.25, 0.3) is 10.9 Å². The summed E-state index contributed by atoms with van der Waals surface area (Å²) in [6.07, 6.45) is 5.64. The number of benzene rings is 1. The number of nitrogens with zero attached hydrogens (tertiary/aromatic N) is 1. The number of para-hydroxylation sites is 1. The number of rotatable bonds is 17. The van der Waals surface area contributed by atoms with Crippen LogP contribution in [0.5, 0.6) is 0 Å². The molecule has 264 valence electrons. The van der Waals surface area contributed by atoms with Crippen LogP contribution in [0.4, 0.5) is 0 Å². The number of likely N-dealkylation sites (tertiary alicyclic amines) is 1. The first kappa shape index (κ1) is 38.3. The molecule has 0 aliphatic carbocycles. The normalized spacial score (nSPS) is 18.2. The van der Waals surface area contributed by atoms with Gasteiger partial charge in [-0.05, 0) is 62.7 Å². The van der Waals surface area contributed by atoms with E-state index in [2.05, 4.69) is 26.3 Å². The van der Waals surface area contributed by atoms with Crippen LogP contribution >= 0.6 is 11.8 Å². The molecular weight excluding hydrogens is 636 g/mol. The van der Waals surface area contributed by atoms with Crippen LogP contribution in [-0.2, 0) is 35.2 Å². The van der Waals surface area contributed by atoms with Crippen molar-refractivity contribution >= 4 is 58.1 Å². The molecule has 1 fully saturated rings. The lowest BCUT2D eigenvalue weighted by Crippen LogP contribution is -2.59. The molecule has 0 saturated carbocycles. The summed E-state index contributed by atoms with van der Waals surface area (Å²) in [7, 11) is 0. The van der Waals surface area contributed by atoms with Crippen molar-refractivity contribution in [2.75, 3.05) is 18.6 Å². The Morgan fingerprint density at radius 2 is 1.67 bits per heavy atom. The van der Waals surface area contributed by atoms with Crippen LogP contribution in [0.15, 0.2) is 30.5 Å². The van der Waals surface area contributed by atoms with Gasteiger partial charge < -0.3 is 42.6 Å². The maximum Gasteiger partial charge on any atom is 0.246 e. The van der Waals surface area contributed by atoms with E-state index in [1.165, 1.54) is 30.5 Å². The average Bonchev–Trinajstić information content (AvgIpc) is 3.71. The number of nitrogens with two attached hydrogens (primary N) is 2. The monoisotopic (exact) mass is 686 g/mol. The Bertz CT molecular complexity index is 1460. The highest BCUT2D eigenvalue weighted by atomic mass is 32.2. The molecule has 1 aromatic heterocycles. The number of H-pyrrole nitrogens is 1. The van der Waals surface area contributed by atoms with E-state index in [1.54, 1.807) is 6.20 Å². The Labute approximate surface area is 285 Å². The second-order valence-corrected chi connectivity index (χ2v) is 13.4. The molecule has 0 radical (unpaired) electrons. The number of nitrogens with one attached hydrogen (secondary N) is 5. The molecule has 1 saturated heterocycles. The van der Waals surface area contributed by atoms with Gasteiger partial charge in [0.05, 0.1) is 6.04 Å². The molecule has 14 nitrogen and oxygen atoms in total. The lowest BCUT2D eigenvalue weighted by Gasteiger charge is -2.31. The van der Waals surface area contributed by atoms with Crippen molar-refractivity contribution in [3.05, 3.63) is 36.0 Å². The van der Waals surface area contributed by atoms with Crippen molar-refractivity contribution in [3.8, 4) is 0 Å². The summed E-state index contributed by atoms with van der Waals surface area (Å²) in [4.78, 5) is 83.3. The third-order valence-electron chi connectivity index (χ3n) is 8.78. The van der Waals surface area contributed by atoms with E-state index in [9.17, 15) is 28.8 Å². The molecule has 9 N–H and O–H groups in total. The molecule has 0 spiro atoms. The molecule has 6 amide bonds. The second-order valence-electron chi connectivity index (χ2n) is 12.5. The lowest BCUT2D eigenvalue weighted by atomic mass is 9.98. The Morgan fingerprint density at radius 1 is 0.979 bits per heavy atom. The zero-order chi connectivity index (χ0) is 35.5. The fourth-order valence-electron chi connectivity index (χ4n) is 5.69. The smallest absolute Gasteiger partial charge is 0.246 e. The highest BCUT2D eigenvalue weighted by Gasteiger charge is 2.40. The van der Waals surface area contributed by atoms with Crippen molar-refractivity contribution in [2.24, 2.45) is 17.4 Å². The predicted molar refractivity (Wildman–Crippen MR) is 185 cm³/mol. The first-order chi connectivity index (χ1) is 22.8. The second kappa shape index (κ2) is 17.9. The van der Waals surface area contributed by atoms with Gasteiger partial charge >= 0.3 is 0 Å². The van der Waals surface area contributed by atoms with Gasteiger partial charge in [-0.2, -0.15) is 11.8 Å². The molecule has 0 bridgehead atoms. The van der Waals surface area contributed by atoms with Crippen molar-refractivity contribution in [2.45, 2.75) is 96.1 Å². The Kier molecular flexibility index (Phi) is 14.3. The van der Waals surface area contributed by atoms with Gasteiger partial charge in [0, 0.05) is 30.1 Å². The number of hydrogen-bond donors (Lipinski definition) is 7. The van der Waals surface area contributed by atoms with Crippen molar-refractivity contribution in [3.63, 3.8) is 0 Å². The molecular formula is C33H50N8O6S. The first-order valence-corrected chi connectivity index (χ1v) is 17.8. The van der Waals surface area contributed by atoms with Crippen LogP contribution in [0, 0.1) is 5.92 Å². The molecule has 1 aliphatic heterocycles. The number of carbonyl (C=O) groups is 6. The maximum absolute atomic E-state index is 14.2. The van der Waals surface area contributed by atoms with Crippen LogP contribution < -0.4 is 32.7 Å².